The van der Waals surface area contributed by atoms with Crippen molar-refractivity contribution in [1.82, 2.24) is 9.80 Å². The fourth-order valence-corrected chi connectivity index (χ4v) is 3.75. The van der Waals surface area contributed by atoms with Gasteiger partial charge in [-0.2, -0.15) is 8.78 Å². The molecule has 0 spiro atoms. The van der Waals surface area contributed by atoms with Gasteiger partial charge in [0.1, 0.15) is 5.75 Å². The molecule has 9 heteroatoms. The number of halogens is 3. The summed E-state index contributed by atoms with van der Waals surface area (Å²) in [5, 5.41) is 0. The number of benzene rings is 1. The molecule has 2 heterocycles. The van der Waals surface area contributed by atoms with Crippen LogP contribution in [0.15, 0.2) is 24.3 Å². The van der Waals surface area contributed by atoms with Crippen LogP contribution in [0.2, 0.25) is 0 Å². The van der Waals surface area contributed by atoms with E-state index < -0.39 is 6.61 Å². The second kappa shape index (κ2) is 10.0. The summed E-state index contributed by atoms with van der Waals surface area (Å²) in [6, 6.07) is 6.11. The first-order valence-corrected chi connectivity index (χ1v) is 9.33. The van der Waals surface area contributed by atoms with Crippen molar-refractivity contribution in [2.75, 3.05) is 26.2 Å². The average Bonchev–Trinajstić information content (AvgIpc) is 2.67. The summed E-state index contributed by atoms with van der Waals surface area (Å²) in [6.45, 7) is -0.912. The van der Waals surface area contributed by atoms with Crippen molar-refractivity contribution in [3.05, 3.63) is 29.8 Å². The van der Waals surface area contributed by atoms with Crippen LogP contribution in [-0.4, -0.2) is 60.4 Å². The predicted octanol–water partition coefficient (Wildman–Crippen LogP) is 2.51. The number of para-hydroxylation sites is 1. The summed E-state index contributed by atoms with van der Waals surface area (Å²) in [6.07, 6.45) is 3.01. The topological polar surface area (TPSA) is 75.9 Å². The SMILES string of the molecule is Cl.NC1CCN(C(=O)C2CCCN(C(=O)c3ccccc3OC(F)F)C2)CC1. The third-order valence-corrected chi connectivity index (χ3v) is 5.24. The summed E-state index contributed by atoms with van der Waals surface area (Å²) >= 11 is 0. The molecule has 1 unspecified atom stereocenters. The Bertz CT molecular complexity index is 684. The maximum absolute atomic E-state index is 12.8. The Morgan fingerprint density at radius 1 is 1.07 bits per heavy atom. The summed E-state index contributed by atoms with van der Waals surface area (Å²) in [5.41, 5.74) is 5.99. The molecule has 2 aliphatic heterocycles. The molecule has 3 rings (SSSR count). The molecule has 0 aliphatic carbocycles. The van der Waals surface area contributed by atoms with Gasteiger partial charge in [-0.05, 0) is 37.8 Å². The van der Waals surface area contributed by atoms with Gasteiger partial charge in [-0.3, -0.25) is 9.59 Å². The molecule has 28 heavy (non-hydrogen) atoms. The van der Waals surface area contributed by atoms with Crippen molar-refractivity contribution in [3.8, 4) is 5.75 Å². The second-order valence-corrected chi connectivity index (χ2v) is 7.13. The van der Waals surface area contributed by atoms with E-state index in [1.165, 1.54) is 18.2 Å². The molecule has 1 aromatic rings. The molecule has 2 aliphatic rings. The van der Waals surface area contributed by atoms with E-state index in [1.54, 1.807) is 11.0 Å². The van der Waals surface area contributed by atoms with E-state index in [-0.39, 0.29) is 47.5 Å². The highest BCUT2D eigenvalue weighted by Gasteiger charge is 2.33. The summed E-state index contributed by atoms with van der Waals surface area (Å²) < 4.78 is 29.7. The molecule has 2 fully saturated rings. The van der Waals surface area contributed by atoms with E-state index in [0.717, 1.165) is 19.3 Å². The van der Waals surface area contributed by atoms with Crippen LogP contribution in [0, 0.1) is 5.92 Å². The highest BCUT2D eigenvalue weighted by Crippen LogP contribution is 2.26. The van der Waals surface area contributed by atoms with Gasteiger partial charge in [0.2, 0.25) is 5.91 Å². The van der Waals surface area contributed by atoms with Crippen molar-refractivity contribution in [2.45, 2.75) is 38.3 Å². The van der Waals surface area contributed by atoms with Crippen molar-refractivity contribution in [1.29, 1.82) is 0 Å². The number of nitrogens with zero attached hydrogens (tertiary/aromatic N) is 2. The lowest BCUT2D eigenvalue weighted by Crippen LogP contribution is -2.50. The first kappa shape index (κ1) is 22.4. The largest absolute Gasteiger partial charge is 0.434 e. The van der Waals surface area contributed by atoms with Gasteiger partial charge in [-0.1, -0.05) is 12.1 Å². The number of ether oxygens (including phenoxy) is 1. The van der Waals surface area contributed by atoms with Crippen LogP contribution in [-0.2, 0) is 4.79 Å². The molecule has 0 saturated carbocycles. The second-order valence-electron chi connectivity index (χ2n) is 7.13. The first-order chi connectivity index (χ1) is 13.0. The number of hydrogen-bond acceptors (Lipinski definition) is 4. The van der Waals surface area contributed by atoms with Crippen LogP contribution in [0.25, 0.3) is 0 Å². The Hall–Kier alpha value is -1.93. The smallest absolute Gasteiger partial charge is 0.387 e. The minimum Gasteiger partial charge on any atom is -0.434 e. The van der Waals surface area contributed by atoms with Crippen LogP contribution in [0.3, 0.4) is 0 Å². The third kappa shape index (κ3) is 5.32. The van der Waals surface area contributed by atoms with Gasteiger partial charge in [0.15, 0.2) is 0 Å². The van der Waals surface area contributed by atoms with E-state index >= 15 is 0 Å². The minimum atomic E-state index is -3.00. The number of likely N-dealkylation sites (tertiary alicyclic amines) is 2. The zero-order chi connectivity index (χ0) is 19.4. The van der Waals surface area contributed by atoms with Gasteiger partial charge in [-0.25, -0.2) is 0 Å². The zero-order valence-electron chi connectivity index (χ0n) is 15.6. The molecule has 0 radical (unpaired) electrons. The van der Waals surface area contributed by atoms with Crippen LogP contribution >= 0.6 is 12.4 Å². The number of nitrogens with two attached hydrogens (primary N) is 1. The lowest BCUT2D eigenvalue weighted by atomic mass is 9.94. The Labute approximate surface area is 169 Å². The average molecular weight is 418 g/mol. The Balaban J connectivity index is 0.00000280. The normalized spacial score (nSPS) is 20.6. The Kier molecular flexibility index (Phi) is 8.00. The molecule has 1 atom stereocenters. The molecule has 0 bridgehead atoms. The zero-order valence-corrected chi connectivity index (χ0v) is 16.4. The minimum absolute atomic E-state index is 0. The lowest BCUT2D eigenvalue weighted by molar-refractivity contribution is -0.138. The number of alkyl halides is 2. The van der Waals surface area contributed by atoms with Crippen LogP contribution in [0.1, 0.15) is 36.0 Å². The molecule has 2 amide bonds. The van der Waals surface area contributed by atoms with Gasteiger partial charge in [0.25, 0.3) is 5.91 Å². The maximum Gasteiger partial charge on any atom is 0.387 e. The van der Waals surface area contributed by atoms with Gasteiger partial charge < -0.3 is 20.3 Å². The maximum atomic E-state index is 12.8. The monoisotopic (exact) mass is 417 g/mol. The Morgan fingerprint density at radius 3 is 2.43 bits per heavy atom. The van der Waals surface area contributed by atoms with Crippen molar-refractivity contribution in [2.24, 2.45) is 11.7 Å². The number of hydrogen-bond donors (Lipinski definition) is 1. The first-order valence-electron chi connectivity index (χ1n) is 9.33. The third-order valence-electron chi connectivity index (χ3n) is 5.24. The molecule has 1 aromatic carbocycles. The molecule has 6 nitrogen and oxygen atoms in total. The van der Waals surface area contributed by atoms with Crippen molar-refractivity contribution < 1.29 is 23.1 Å². The lowest BCUT2D eigenvalue weighted by Gasteiger charge is -2.37. The Morgan fingerprint density at radius 2 is 1.75 bits per heavy atom. The van der Waals surface area contributed by atoms with E-state index in [4.69, 9.17) is 5.73 Å². The summed E-state index contributed by atoms with van der Waals surface area (Å²) in [4.78, 5) is 29.0. The van der Waals surface area contributed by atoms with Crippen molar-refractivity contribution >= 4 is 24.2 Å². The number of carbonyl (C=O) groups excluding carboxylic acids is 2. The van der Waals surface area contributed by atoms with Crippen LogP contribution in [0.5, 0.6) is 5.75 Å². The molecule has 2 N–H and O–H groups in total. The number of piperidine rings is 2. The van der Waals surface area contributed by atoms with E-state index in [2.05, 4.69) is 4.74 Å². The van der Waals surface area contributed by atoms with E-state index in [9.17, 15) is 18.4 Å². The number of amides is 2. The summed E-state index contributed by atoms with van der Waals surface area (Å²) in [7, 11) is 0. The molecule has 2 saturated heterocycles. The molecule has 156 valence electrons. The fraction of sp³-hybridized carbons (Fsp3) is 0.579. The molecular formula is C19H26ClF2N3O3. The number of rotatable bonds is 4. The van der Waals surface area contributed by atoms with Gasteiger partial charge in [0.05, 0.1) is 11.5 Å². The van der Waals surface area contributed by atoms with Crippen LogP contribution < -0.4 is 10.5 Å². The fourth-order valence-electron chi connectivity index (χ4n) is 3.75. The van der Waals surface area contributed by atoms with Gasteiger partial charge in [-0.15, -0.1) is 12.4 Å². The number of carbonyl (C=O) groups is 2. The van der Waals surface area contributed by atoms with Crippen molar-refractivity contribution in [3.63, 3.8) is 0 Å². The molecular weight excluding hydrogens is 392 g/mol. The molecule has 0 aromatic heterocycles. The van der Waals surface area contributed by atoms with E-state index in [1.807, 2.05) is 4.90 Å². The highest BCUT2D eigenvalue weighted by molar-refractivity contribution is 5.97. The highest BCUT2D eigenvalue weighted by atomic mass is 35.5. The predicted molar refractivity (Wildman–Crippen MR) is 103 cm³/mol. The standard InChI is InChI=1S/C19H25F2N3O3.ClH/c20-19(21)27-16-6-2-1-5-15(16)18(26)24-9-3-4-13(12-24)17(25)23-10-7-14(22)8-11-23;/h1-2,5-6,13-14,19H,3-4,7-12,22H2;1H. The van der Waals surface area contributed by atoms with Crippen LogP contribution in [0.4, 0.5) is 8.78 Å². The van der Waals surface area contributed by atoms with Gasteiger partial charge >= 0.3 is 6.61 Å². The quantitative estimate of drug-likeness (QED) is 0.816. The summed E-state index contributed by atoms with van der Waals surface area (Å²) in [5.74, 6) is -0.739. The van der Waals surface area contributed by atoms with Gasteiger partial charge in [0, 0.05) is 32.2 Å². The van der Waals surface area contributed by atoms with E-state index in [0.29, 0.717) is 32.6 Å².